The summed E-state index contributed by atoms with van der Waals surface area (Å²) in [5.74, 6) is 0. The van der Waals surface area contributed by atoms with E-state index in [0.717, 1.165) is 25.3 Å². The van der Waals surface area contributed by atoms with E-state index < -0.39 is 0 Å². The fraction of sp³-hybridized carbons (Fsp3) is 0.316. The average molecular weight is 325 g/mol. The molecule has 0 unspecified atom stereocenters. The van der Waals surface area contributed by atoms with Crippen LogP contribution in [0.5, 0.6) is 0 Å². The molecule has 2 aromatic rings. The van der Waals surface area contributed by atoms with Crippen LogP contribution in [0.15, 0.2) is 60.7 Å². The zero-order valence-corrected chi connectivity index (χ0v) is 13.7. The Morgan fingerprint density at radius 2 is 1.79 bits per heavy atom. The minimum absolute atomic E-state index is 0.0176. The number of nitrogens with one attached hydrogen (secondary N) is 2. The van der Waals surface area contributed by atoms with Crippen molar-refractivity contribution in [3.05, 3.63) is 66.2 Å². The zero-order chi connectivity index (χ0) is 16.6. The second kappa shape index (κ2) is 8.47. The average Bonchev–Trinajstić information content (AvgIpc) is 2.62. The molecule has 126 valence electrons. The van der Waals surface area contributed by atoms with Crippen molar-refractivity contribution < 1.29 is 9.53 Å². The van der Waals surface area contributed by atoms with E-state index >= 15 is 0 Å². The summed E-state index contributed by atoms with van der Waals surface area (Å²) in [6, 6.07) is 19.6. The first-order valence-electron chi connectivity index (χ1n) is 8.27. The fourth-order valence-corrected chi connectivity index (χ4v) is 2.79. The molecule has 2 aromatic carbocycles. The third-order valence-electron chi connectivity index (χ3n) is 3.99. The Labute approximate surface area is 142 Å². The molecule has 1 heterocycles. The number of hydrogen-bond donors (Lipinski definition) is 2. The van der Waals surface area contributed by atoms with Crippen LogP contribution in [0.25, 0.3) is 0 Å². The monoisotopic (exact) mass is 325 g/mol. The number of rotatable bonds is 5. The Morgan fingerprint density at radius 1 is 1.08 bits per heavy atom. The lowest BCUT2D eigenvalue weighted by Crippen LogP contribution is -2.47. The summed E-state index contributed by atoms with van der Waals surface area (Å²) in [7, 11) is 0. The van der Waals surface area contributed by atoms with Crippen LogP contribution in [-0.4, -0.2) is 43.3 Å². The van der Waals surface area contributed by atoms with Gasteiger partial charge in [-0.2, -0.15) is 0 Å². The largest absolute Gasteiger partial charge is 0.374 e. The maximum absolute atomic E-state index is 11.9. The molecule has 1 aliphatic rings. The topological polar surface area (TPSA) is 53.6 Å². The number of carbonyl (C=O) groups excluding carboxylic acids is 1. The molecule has 1 saturated heterocycles. The molecule has 1 fully saturated rings. The van der Waals surface area contributed by atoms with Gasteiger partial charge in [0.05, 0.1) is 12.7 Å². The van der Waals surface area contributed by atoms with Crippen LogP contribution in [0.4, 0.5) is 10.5 Å². The first-order chi connectivity index (χ1) is 11.8. The van der Waals surface area contributed by atoms with Gasteiger partial charge < -0.3 is 15.4 Å². The van der Waals surface area contributed by atoms with Gasteiger partial charge in [-0.25, -0.2) is 4.79 Å². The predicted molar refractivity (Wildman–Crippen MR) is 94.9 cm³/mol. The number of urea groups is 1. The normalized spacial score (nSPS) is 18.1. The van der Waals surface area contributed by atoms with Crippen LogP contribution in [0.1, 0.15) is 5.56 Å². The molecule has 5 nitrogen and oxygen atoms in total. The first-order valence-corrected chi connectivity index (χ1v) is 8.27. The highest BCUT2D eigenvalue weighted by Gasteiger charge is 2.21. The molecule has 1 aliphatic heterocycles. The van der Waals surface area contributed by atoms with Crippen LogP contribution in [-0.2, 0) is 11.3 Å². The zero-order valence-electron chi connectivity index (χ0n) is 13.7. The third kappa shape index (κ3) is 5.08. The standard InChI is InChI=1S/C19H23N3O2/c23-19(21-17-9-5-2-6-10-17)20-13-18-15-22(11-12-24-18)14-16-7-3-1-4-8-16/h1-10,18H,11-15H2,(H2,20,21,23)/t18-/m0/s1. The molecule has 5 heteroatoms. The van der Waals surface area contributed by atoms with E-state index in [1.165, 1.54) is 5.56 Å². The second-order valence-corrected chi connectivity index (χ2v) is 5.91. The van der Waals surface area contributed by atoms with Gasteiger partial charge in [-0.3, -0.25) is 4.90 Å². The number of para-hydroxylation sites is 1. The fourth-order valence-electron chi connectivity index (χ4n) is 2.79. The van der Waals surface area contributed by atoms with Crippen LogP contribution in [0.3, 0.4) is 0 Å². The van der Waals surface area contributed by atoms with Gasteiger partial charge in [-0.15, -0.1) is 0 Å². The maximum Gasteiger partial charge on any atom is 0.319 e. The number of nitrogens with zero attached hydrogens (tertiary/aromatic N) is 1. The summed E-state index contributed by atoms with van der Waals surface area (Å²) < 4.78 is 5.76. The molecule has 0 bridgehead atoms. The molecule has 3 rings (SSSR count). The smallest absolute Gasteiger partial charge is 0.319 e. The SMILES string of the molecule is O=C(NC[C@H]1CN(Cc2ccccc2)CCO1)Nc1ccccc1. The van der Waals surface area contributed by atoms with E-state index in [2.05, 4.69) is 39.8 Å². The van der Waals surface area contributed by atoms with Crippen molar-refractivity contribution in [3.63, 3.8) is 0 Å². The van der Waals surface area contributed by atoms with Crippen molar-refractivity contribution in [2.75, 3.05) is 31.6 Å². The van der Waals surface area contributed by atoms with Crippen molar-refractivity contribution in [2.24, 2.45) is 0 Å². The summed E-state index contributed by atoms with van der Waals surface area (Å²) >= 11 is 0. The van der Waals surface area contributed by atoms with Crippen LogP contribution >= 0.6 is 0 Å². The minimum Gasteiger partial charge on any atom is -0.374 e. The molecular formula is C19H23N3O2. The molecule has 0 aliphatic carbocycles. The molecule has 0 aromatic heterocycles. The minimum atomic E-state index is -0.204. The number of ether oxygens (including phenoxy) is 1. The molecule has 0 spiro atoms. The van der Waals surface area contributed by atoms with Gasteiger partial charge in [0.2, 0.25) is 0 Å². The van der Waals surface area contributed by atoms with E-state index in [0.29, 0.717) is 13.2 Å². The lowest BCUT2D eigenvalue weighted by molar-refractivity contribution is -0.0285. The highest BCUT2D eigenvalue weighted by atomic mass is 16.5. The van der Waals surface area contributed by atoms with E-state index in [1.807, 2.05) is 36.4 Å². The summed E-state index contributed by atoms with van der Waals surface area (Å²) in [5.41, 5.74) is 2.08. The molecule has 0 saturated carbocycles. The highest BCUT2D eigenvalue weighted by Crippen LogP contribution is 2.10. The van der Waals surface area contributed by atoms with Gasteiger partial charge >= 0.3 is 6.03 Å². The van der Waals surface area contributed by atoms with Gasteiger partial charge in [0.1, 0.15) is 0 Å². The second-order valence-electron chi connectivity index (χ2n) is 5.91. The summed E-state index contributed by atoms with van der Waals surface area (Å²) in [4.78, 5) is 14.3. The Morgan fingerprint density at radius 3 is 2.54 bits per heavy atom. The lowest BCUT2D eigenvalue weighted by Gasteiger charge is -2.33. The van der Waals surface area contributed by atoms with Crippen molar-refractivity contribution in [2.45, 2.75) is 12.6 Å². The molecule has 24 heavy (non-hydrogen) atoms. The van der Waals surface area contributed by atoms with Crippen LogP contribution < -0.4 is 10.6 Å². The predicted octanol–water partition coefficient (Wildman–Crippen LogP) is 2.71. The number of benzene rings is 2. The molecule has 2 N–H and O–H groups in total. The maximum atomic E-state index is 11.9. The van der Waals surface area contributed by atoms with Gasteiger partial charge in [-0.05, 0) is 17.7 Å². The molecule has 2 amide bonds. The van der Waals surface area contributed by atoms with Crippen molar-refractivity contribution >= 4 is 11.7 Å². The van der Waals surface area contributed by atoms with Crippen molar-refractivity contribution in [1.29, 1.82) is 0 Å². The van der Waals surface area contributed by atoms with Gasteiger partial charge in [0, 0.05) is 31.9 Å². The highest BCUT2D eigenvalue weighted by molar-refractivity contribution is 5.89. The quantitative estimate of drug-likeness (QED) is 0.889. The van der Waals surface area contributed by atoms with Crippen molar-refractivity contribution in [3.8, 4) is 0 Å². The van der Waals surface area contributed by atoms with E-state index in [9.17, 15) is 4.79 Å². The Hall–Kier alpha value is -2.37. The van der Waals surface area contributed by atoms with E-state index in [-0.39, 0.29) is 12.1 Å². The number of morpholine rings is 1. The van der Waals surface area contributed by atoms with Gasteiger partial charge in [-0.1, -0.05) is 48.5 Å². The summed E-state index contributed by atoms with van der Waals surface area (Å²) in [5, 5.41) is 5.70. The van der Waals surface area contributed by atoms with E-state index in [1.54, 1.807) is 0 Å². The Bertz CT molecular complexity index is 634. The molecule has 1 atom stereocenters. The van der Waals surface area contributed by atoms with E-state index in [4.69, 9.17) is 4.74 Å². The lowest BCUT2D eigenvalue weighted by atomic mass is 10.2. The van der Waals surface area contributed by atoms with Crippen LogP contribution in [0, 0.1) is 0 Å². The molecular weight excluding hydrogens is 302 g/mol. The third-order valence-corrected chi connectivity index (χ3v) is 3.99. The Balaban J connectivity index is 1.43. The van der Waals surface area contributed by atoms with Gasteiger partial charge in [0.25, 0.3) is 0 Å². The van der Waals surface area contributed by atoms with Gasteiger partial charge in [0.15, 0.2) is 0 Å². The Kier molecular flexibility index (Phi) is 5.82. The summed E-state index contributed by atoms with van der Waals surface area (Å²) in [6.07, 6.45) is 0.0176. The number of amides is 2. The number of anilines is 1. The van der Waals surface area contributed by atoms with Crippen LogP contribution in [0.2, 0.25) is 0 Å². The van der Waals surface area contributed by atoms with Crippen molar-refractivity contribution in [1.82, 2.24) is 10.2 Å². The molecule has 0 radical (unpaired) electrons. The first kappa shape index (κ1) is 16.5. The summed E-state index contributed by atoms with van der Waals surface area (Å²) in [6.45, 7) is 3.85. The number of hydrogen-bond acceptors (Lipinski definition) is 3. The number of carbonyl (C=O) groups is 1.